The normalized spacial score (nSPS) is 12.4. The van der Waals surface area contributed by atoms with E-state index in [2.05, 4.69) is 32.0 Å². The zero-order chi connectivity index (χ0) is 13.1. The van der Waals surface area contributed by atoms with Crippen molar-refractivity contribution in [3.05, 3.63) is 40.8 Å². The predicted molar refractivity (Wildman–Crippen MR) is 74.9 cm³/mol. The van der Waals surface area contributed by atoms with Crippen LogP contribution in [0.15, 0.2) is 34.9 Å². The van der Waals surface area contributed by atoms with Crippen molar-refractivity contribution in [2.45, 2.75) is 19.8 Å². The first-order valence-corrected chi connectivity index (χ1v) is 6.61. The van der Waals surface area contributed by atoms with Gasteiger partial charge in [0.2, 0.25) is 0 Å². The molecule has 0 spiro atoms. The van der Waals surface area contributed by atoms with Crippen LogP contribution in [-0.2, 0) is 0 Å². The molecule has 2 aromatic rings. The zero-order valence-corrected chi connectivity index (χ0v) is 11.9. The molecule has 0 saturated heterocycles. The third-order valence-corrected chi connectivity index (χ3v) is 3.38. The van der Waals surface area contributed by atoms with Crippen LogP contribution in [0.2, 0.25) is 0 Å². The highest BCUT2D eigenvalue weighted by Gasteiger charge is 2.18. The first-order chi connectivity index (χ1) is 8.61. The lowest BCUT2D eigenvalue weighted by atomic mass is 9.97. The van der Waals surface area contributed by atoms with Gasteiger partial charge < -0.3 is 4.98 Å². The van der Waals surface area contributed by atoms with Crippen LogP contribution in [-0.4, -0.2) is 9.97 Å². The van der Waals surface area contributed by atoms with Crippen molar-refractivity contribution in [1.82, 2.24) is 9.97 Å². The van der Waals surface area contributed by atoms with Gasteiger partial charge in [0.25, 0.3) is 0 Å². The lowest BCUT2D eigenvalue weighted by Crippen LogP contribution is -2.05. The number of halogens is 1. The Hall–Kier alpha value is -1.60. The monoisotopic (exact) mass is 303 g/mol. The molecule has 4 heteroatoms. The maximum atomic E-state index is 9.15. The molecule has 0 radical (unpaired) electrons. The largest absolute Gasteiger partial charge is 0.341 e. The van der Waals surface area contributed by atoms with Gasteiger partial charge in [-0.1, -0.05) is 41.9 Å². The molecule has 2 rings (SSSR count). The first kappa shape index (κ1) is 12.8. The fraction of sp³-hybridized carbons (Fsp3) is 0.286. The molecule has 1 unspecified atom stereocenters. The lowest BCUT2D eigenvalue weighted by molar-refractivity contribution is 0.566. The molecular formula is C14H14BrN3. The van der Waals surface area contributed by atoms with E-state index in [0.717, 1.165) is 21.6 Å². The maximum Gasteiger partial charge on any atom is 0.124 e. The molecule has 0 aliphatic heterocycles. The second kappa shape index (κ2) is 5.36. The molecule has 3 nitrogen and oxygen atoms in total. The van der Waals surface area contributed by atoms with Gasteiger partial charge in [0.1, 0.15) is 11.7 Å². The third kappa shape index (κ3) is 2.62. The first-order valence-electron chi connectivity index (χ1n) is 5.82. The molecule has 1 aromatic carbocycles. The highest BCUT2D eigenvalue weighted by Crippen LogP contribution is 2.25. The number of imidazole rings is 1. The molecule has 0 aliphatic carbocycles. The van der Waals surface area contributed by atoms with Crippen LogP contribution in [0.4, 0.5) is 0 Å². The number of aromatic nitrogens is 2. The summed E-state index contributed by atoms with van der Waals surface area (Å²) in [7, 11) is 0. The fourth-order valence-corrected chi connectivity index (χ4v) is 2.06. The van der Waals surface area contributed by atoms with Crippen LogP contribution >= 0.6 is 15.9 Å². The number of H-pyrrole nitrogens is 1. The molecule has 1 N–H and O–H groups in total. The molecule has 92 valence electrons. The van der Waals surface area contributed by atoms with Gasteiger partial charge in [0.05, 0.1) is 18.0 Å². The van der Waals surface area contributed by atoms with E-state index in [1.54, 1.807) is 6.20 Å². The van der Waals surface area contributed by atoms with Gasteiger partial charge in [-0.25, -0.2) is 4.98 Å². The second-order valence-electron chi connectivity index (χ2n) is 4.54. The Kier molecular flexibility index (Phi) is 3.83. The van der Waals surface area contributed by atoms with Gasteiger partial charge in [-0.15, -0.1) is 0 Å². The number of aromatic amines is 1. The number of nitrogens with zero attached hydrogens (tertiary/aromatic N) is 2. The lowest BCUT2D eigenvalue weighted by Gasteiger charge is -2.09. The van der Waals surface area contributed by atoms with Crippen LogP contribution in [0.1, 0.15) is 25.6 Å². The predicted octanol–water partition coefficient (Wildman–Crippen LogP) is 4.10. The van der Waals surface area contributed by atoms with Gasteiger partial charge in [-0.05, 0) is 23.6 Å². The number of rotatable bonds is 3. The Bertz CT molecular complexity index is 563. The number of nitrogens with one attached hydrogen (secondary N) is 1. The average molecular weight is 304 g/mol. The minimum atomic E-state index is -0.186. The van der Waals surface area contributed by atoms with Crippen LogP contribution in [0.3, 0.4) is 0 Å². The van der Waals surface area contributed by atoms with Crippen molar-refractivity contribution < 1.29 is 0 Å². The van der Waals surface area contributed by atoms with E-state index < -0.39 is 0 Å². The van der Waals surface area contributed by atoms with E-state index in [9.17, 15) is 0 Å². The average Bonchev–Trinajstić information content (AvgIpc) is 2.80. The molecule has 0 bridgehead atoms. The highest BCUT2D eigenvalue weighted by molar-refractivity contribution is 9.10. The van der Waals surface area contributed by atoms with Crippen molar-refractivity contribution >= 4 is 15.9 Å². The number of hydrogen-bond acceptors (Lipinski definition) is 2. The smallest absolute Gasteiger partial charge is 0.124 e. The van der Waals surface area contributed by atoms with E-state index in [-0.39, 0.29) is 11.8 Å². The number of benzene rings is 1. The summed E-state index contributed by atoms with van der Waals surface area (Å²) in [5.74, 6) is 0.804. The Balaban J connectivity index is 2.31. The highest BCUT2D eigenvalue weighted by atomic mass is 79.9. The number of hydrogen-bond donors (Lipinski definition) is 1. The van der Waals surface area contributed by atoms with Crippen molar-refractivity contribution in [1.29, 1.82) is 5.26 Å². The van der Waals surface area contributed by atoms with Gasteiger partial charge in [-0.2, -0.15) is 5.26 Å². The fourth-order valence-electron chi connectivity index (χ4n) is 1.80. The van der Waals surface area contributed by atoms with Crippen molar-refractivity contribution in [2.24, 2.45) is 5.92 Å². The van der Waals surface area contributed by atoms with Gasteiger partial charge in [-0.3, -0.25) is 0 Å². The SMILES string of the molecule is CC(C)C(C#N)c1ncc(-c2ccc(Br)cc2)[nH]1. The van der Waals surface area contributed by atoms with E-state index in [1.165, 1.54) is 0 Å². The van der Waals surface area contributed by atoms with Crippen LogP contribution in [0.5, 0.6) is 0 Å². The standard InChI is InChI=1S/C14H14BrN3/c1-9(2)12(7-16)14-17-8-13(18-14)10-3-5-11(15)6-4-10/h3-6,8-9,12H,1-2H3,(H,17,18). The van der Waals surface area contributed by atoms with E-state index in [0.29, 0.717) is 0 Å². The Morgan fingerprint density at radius 2 is 1.94 bits per heavy atom. The van der Waals surface area contributed by atoms with Crippen LogP contribution in [0.25, 0.3) is 11.3 Å². The summed E-state index contributed by atoms with van der Waals surface area (Å²) < 4.78 is 1.04. The summed E-state index contributed by atoms with van der Waals surface area (Å²) in [6, 6.07) is 10.3. The molecule has 0 amide bonds. The topological polar surface area (TPSA) is 52.5 Å². The molecular weight excluding hydrogens is 290 g/mol. The molecule has 1 atom stereocenters. The molecule has 1 aromatic heterocycles. The molecule has 0 aliphatic rings. The summed E-state index contributed by atoms with van der Waals surface area (Å²) >= 11 is 3.41. The number of nitriles is 1. The van der Waals surface area contributed by atoms with Crippen LogP contribution in [0, 0.1) is 17.2 Å². The third-order valence-electron chi connectivity index (χ3n) is 2.85. The van der Waals surface area contributed by atoms with Crippen molar-refractivity contribution in [3.63, 3.8) is 0 Å². The van der Waals surface area contributed by atoms with E-state index >= 15 is 0 Å². The molecule has 1 heterocycles. The molecule has 18 heavy (non-hydrogen) atoms. The summed E-state index contributed by atoms with van der Waals surface area (Å²) in [4.78, 5) is 7.55. The minimum Gasteiger partial charge on any atom is -0.341 e. The van der Waals surface area contributed by atoms with Crippen LogP contribution < -0.4 is 0 Å². The van der Waals surface area contributed by atoms with E-state index in [1.807, 2.05) is 38.1 Å². The zero-order valence-electron chi connectivity index (χ0n) is 10.3. The maximum absolute atomic E-state index is 9.15. The van der Waals surface area contributed by atoms with Crippen molar-refractivity contribution in [2.75, 3.05) is 0 Å². The quantitative estimate of drug-likeness (QED) is 0.928. The summed E-state index contributed by atoms with van der Waals surface area (Å²) in [5, 5.41) is 9.15. The van der Waals surface area contributed by atoms with Gasteiger partial charge in [0.15, 0.2) is 0 Å². The second-order valence-corrected chi connectivity index (χ2v) is 5.46. The van der Waals surface area contributed by atoms with Gasteiger partial charge in [0, 0.05) is 4.47 Å². The van der Waals surface area contributed by atoms with Crippen molar-refractivity contribution in [3.8, 4) is 17.3 Å². The summed E-state index contributed by atoms with van der Waals surface area (Å²) in [5.41, 5.74) is 2.01. The Morgan fingerprint density at radius 3 is 2.50 bits per heavy atom. The van der Waals surface area contributed by atoms with E-state index in [4.69, 9.17) is 5.26 Å². The molecule has 0 saturated carbocycles. The minimum absolute atomic E-state index is 0.186. The molecule has 0 fully saturated rings. The van der Waals surface area contributed by atoms with Gasteiger partial charge >= 0.3 is 0 Å². The summed E-state index contributed by atoms with van der Waals surface area (Å²) in [6.07, 6.45) is 1.78. The summed E-state index contributed by atoms with van der Waals surface area (Å²) in [6.45, 7) is 4.05. The Morgan fingerprint density at radius 1 is 1.28 bits per heavy atom. The Labute approximate surface area is 115 Å².